The van der Waals surface area contributed by atoms with E-state index in [1.165, 1.54) is 44.3 Å². The fourth-order valence-corrected chi connectivity index (χ4v) is 4.99. The van der Waals surface area contributed by atoms with Crippen LogP contribution in [0.2, 0.25) is 0 Å². The summed E-state index contributed by atoms with van der Waals surface area (Å²) in [6, 6.07) is 8.89. The topological polar surface area (TPSA) is 44.5 Å². The first-order valence-electron chi connectivity index (χ1n) is 11.0. The van der Waals surface area contributed by atoms with Crippen LogP contribution in [0.5, 0.6) is 0 Å². The van der Waals surface area contributed by atoms with Gasteiger partial charge in [-0.25, -0.2) is 0 Å². The SMILES string of the molecule is OCCC1CN(Cc2cccn2-c2cccnc2)CCN1CC1CCCCC1. The molecule has 0 spiro atoms. The Morgan fingerprint density at radius 2 is 1.96 bits per heavy atom. The van der Waals surface area contributed by atoms with E-state index in [0.717, 1.165) is 44.2 Å². The normalized spacial score (nSPS) is 22.5. The zero-order valence-corrected chi connectivity index (χ0v) is 16.9. The Bertz CT molecular complexity index is 710. The predicted molar refractivity (Wildman–Crippen MR) is 112 cm³/mol. The van der Waals surface area contributed by atoms with Crippen LogP contribution < -0.4 is 0 Å². The molecule has 152 valence electrons. The minimum Gasteiger partial charge on any atom is -0.396 e. The van der Waals surface area contributed by atoms with Gasteiger partial charge in [0.2, 0.25) is 0 Å². The molecule has 0 radical (unpaired) electrons. The molecular formula is C23H34N4O. The summed E-state index contributed by atoms with van der Waals surface area (Å²) in [5, 5.41) is 9.62. The van der Waals surface area contributed by atoms with Crippen LogP contribution in [-0.2, 0) is 6.54 Å². The zero-order chi connectivity index (χ0) is 19.2. The molecular weight excluding hydrogens is 348 g/mol. The number of nitrogens with zero attached hydrogens (tertiary/aromatic N) is 4. The van der Waals surface area contributed by atoms with Crippen molar-refractivity contribution in [3.63, 3.8) is 0 Å². The number of aliphatic hydroxyl groups is 1. The Morgan fingerprint density at radius 1 is 1.07 bits per heavy atom. The maximum Gasteiger partial charge on any atom is 0.0636 e. The summed E-state index contributed by atoms with van der Waals surface area (Å²) in [6.45, 7) is 5.73. The average molecular weight is 383 g/mol. The van der Waals surface area contributed by atoms with Crippen molar-refractivity contribution in [2.75, 3.05) is 32.8 Å². The third-order valence-corrected chi connectivity index (χ3v) is 6.51. The molecule has 5 nitrogen and oxygen atoms in total. The van der Waals surface area contributed by atoms with Crippen LogP contribution in [-0.4, -0.2) is 63.3 Å². The van der Waals surface area contributed by atoms with E-state index in [1.807, 2.05) is 18.5 Å². The summed E-state index contributed by atoms with van der Waals surface area (Å²) >= 11 is 0. The van der Waals surface area contributed by atoms with E-state index in [4.69, 9.17) is 0 Å². The maximum absolute atomic E-state index is 9.62. The van der Waals surface area contributed by atoms with Gasteiger partial charge in [0.15, 0.2) is 0 Å². The van der Waals surface area contributed by atoms with Gasteiger partial charge in [0.1, 0.15) is 0 Å². The Balaban J connectivity index is 1.39. The van der Waals surface area contributed by atoms with Crippen molar-refractivity contribution in [1.82, 2.24) is 19.4 Å². The van der Waals surface area contributed by atoms with Gasteiger partial charge in [-0.2, -0.15) is 0 Å². The molecule has 0 aromatic carbocycles. The molecule has 4 rings (SSSR count). The molecule has 1 saturated heterocycles. The largest absolute Gasteiger partial charge is 0.396 e. The lowest BCUT2D eigenvalue weighted by atomic mass is 9.88. The van der Waals surface area contributed by atoms with Gasteiger partial charge in [0.05, 0.1) is 11.9 Å². The molecule has 2 aliphatic rings. The summed E-state index contributed by atoms with van der Waals surface area (Å²) in [6.07, 6.45) is 13.7. The van der Waals surface area contributed by atoms with Crippen molar-refractivity contribution in [1.29, 1.82) is 0 Å². The molecule has 1 unspecified atom stereocenters. The molecule has 5 heteroatoms. The highest BCUT2D eigenvalue weighted by molar-refractivity contribution is 5.32. The highest BCUT2D eigenvalue weighted by atomic mass is 16.3. The first kappa shape index (κ1) is 19.6. The second kappa shape index (κ2) is 9.68. The number of hydrogen-bond acceptors (Lipinski definition) is 4. The van der Waals surface area contributed by atoms with E-state index in [9.17, 15) is 5.11 Å². The van der Waals surface area contributed by atoms with Gasteiger partial charge in [0, 0.05) is 63.5 Å². The summed E-state index contributed by atoms with van der Waals surface area (Å²) in [5.74, 6) is 0.865. The number of aliphatic hydroxyl groups excluding tert-OH is 1. The van der Waals surface area contributed by atoms with Crippen LogP contribution in [0.15, 0.2) is 42.9 Å². The van der Waals surface area contributed by atoms with E-state index in [2.05, 4.69) is 43.7 Å². The fraction of sp³-hybridized carbons (Fsp3) is 0.609. The Morgan fingerprint density at radius 3 is 2.75 bits per heavy atom. The lowest BCUT2D eigenvalue weighted by molar-refractivity contribution is 0.0393. The van der Waals surface area contributed by atoms with Crippen LogP contribution in [0.4, 0.5) is 0 Å². The lowest BCUT2D eigenvalue weighted by Gasteiger charge is -2.43. The van der Waals surface area contributed by atoms with Crippen molar-refractivity contribution in [2.45, 2.75) is 51.1 Å². The molecule has 2 fully saturated rings. The second-order valence-corrected chi connectivity index (χ2v) is 8.48. The summed E-state index contributed by atoms with van der Waals surface area (Å²) in [5.41, 5.74) is 2.42. The van der Waals surface area contributed by atoms with Gasteiger partial charge in [-0.15, -0.1) is 0 Å². The van der Waals surface area contributed by atoms with Crippen molar-refractivity contribution in [3.05, 3.63) is 48.5 Å². The Labute approximate surface area is 169 Å². The highest BCUT2D eigenvalue weighted by Gasteiger charge is 2.29. The number of aromatic nitrogens is 2. The third kappa shape index (κ3) is 4.83. The average Bonchev–Trinajstić information content (AvgIpc) is 3.20. The Hall–Kier alpha value is -1.69. The van der Waals surface area contributed by atoms with Gasteiger partial charge in [-0.1, -0.05) is 19.3 Å². The first-order valence-corrected chi connectivity index (χ1v) is 11.0. The fourth-order valence-electron chi connectivity index (χ4n) is 4.99. The van der Waals surface area contributed by atoms with E-state index >= 15 is 0 Å². The number of pyridine rings is 1. The number of piperazine rings is 1. The molecule has 1 aliphatic carbocycles. The van der Waals surface area contributed by atoms with Crippen LogP contribution in [0.1, 0.15) is 44.2 Å². The molecule has 28 heavy (non-hydrogen) atoms. The molecule has 1 saturated carbocycles. The zero-order valence-electron chi connectivity index (χ0n) is 16.9. The standard InChI is InChI=1S/C23H34N4O/c28-15-10-22-18-25(13-14-26(22)17-20-6-2-1-3-7-20)19-23-9-5-12-27(23)21-8-4-11-24-16-21/h4-5,8-9,11-12,16,20,22,28H,1-3,6-7,10,13-15,17-19H2. The van der Waals surface area contributed by atoms with E-state index in [-0.39, 0.29) is 6.61 Å². The summed E-state index contributed by atoms with van der Waals surface area (Å²) < 4.78 is 2.24. The quantitative estimate of drug-likeness (QED) is 0.798. The first-order chi connectivity index (χ1) is 13.8. The molecule has 2 aromatic rings. The van der Waals surface area contributed by atoms with Crippen molar-refractivity contribution < 1.29 is 5.11 Å². The molecule has 2 aromatic heterocycles. The molecule has 1 N–H and O–H groups in total. The minimum atomic E-state index is 0.283. The minimum absolute atomic E-state index is 0.283. The third-order valence-electron chi connectivity index (χ3n) is 6.51. The van der Waals surface area contributed by atoms with Crippen LogP contribution in [0, 0.1) is 5.92 Å². The predicted octanol–water partition coefficient (Wildman–Crippen LogP) is 3.32. The number of hydrogen-bond donors (Lipinski definition) is 1. The van der Waals surface area contributed by atoms with Crippen LogP contribution in [0.25, 0.3) is 5.69 Å². The van der Waals surface area contributed by atoms with Gasteiger partial charge in [-0.3, -0.25) is 14.8 Å². The van der Waals surface area contributed by atoms with E-state index in [1.54, 1.807) is 0 Å². The van der Waals surface area contributed by atoms with E-state index < -0.39 is 0 Å². The van der Waals surface area contributed by atoms with E-state index in [0.29, 0.717) is 6.04 Å². The summed E-state index contributed by atoms with van der Waals surface area (Å²) in [4.78, 5) is 9.49. The smallest absolute Gasteiger partial charge is 0.0636 e. The molecule has 1 atom stereocenters. The molecule has 0 amide bonds. The highest BCUT2D eigenvalue weighted by Crippen LogP contribution is 2.27. The van der Waals surface area contributed by atoms with Crippen molar-refractivity contribution in [3.8, 4) is 5.69 Å². The van der Waals surface area contributed by atoms with Crippen molar-refractivity contribution >= 4 is 0 Å². The van der Waals surface area contributed by atoms with Crippen molar-refractivity contribution in [2.24, 2.45) is 5.92 Å². The summed E-state index contributed by atoms with van der Waals surface area (Å²) in [7, 11) is 0. The Kier molecular flexibility index (Phi) is 6.78. The molecule has 1 aliphatic heterocycles. The maximum atomic E-state index is 9.62. The molecule has 3 heterocycles. The van der Waals surface area contributed by atoms with Gasteiger partial charge < -0.3 is 9.67 Å². The van der Waals surface area contributed by atoms with Crippen LogP contribution in [0.3, 0.4) is 0 Å². The van der Waals surface area contributed by atoms with Gasteiger partial charge in [-0.05, 0) is 49.4 Å². The lowest BCUT2D eigenvalue weighted by Crippen LogP contribution is -2.54. The van der Waals surface area contributed by atoms with Gasteiger partial charge >= 0.3 is 0 Å². The number of rotatable bonds is 7. The van der Waals surface area contributed by atoms with Gasteiger partial charge in [0.25, 0.3) is 0 Å². The monoisotopic (exact) mass is 382 g/mol. The molecule has 0 bridgehead atoms. The van der Waals surface area contributed by atoms with Crippen LogP contribution >= 0.6 is 0 Å². The second-order valence-electron chi connectivity index (χ2n) is 8.48.